The maximum absolute atomic E-state index is 11.2. The molecule has 0 saturated heterocycles. The molecule has 166 valence electrons. The Labute approximate surface area is 195 Å². The second-order valence-electron chi connectivity index (χ2n) is 9.02. The van der Waals surface area contributed by atoms with E-state index in [1.165, 1.54) is 0 Å². The zero-order chi connectivity index (χ0) is 23.1. The number of aryl methyl sites for hydroxylation is 2. The Morgan fingerprint density at radius 3 is 1.38 bits per heavy atom. The molecule has 0 amide bonds. The van der Waals surface area contributed by atoms with Gasteiger partial charge < -0.3 is 19.3 Å². The molecule has 5 aromatic carbocycles. The number of phenols is 2. The van der Waals surface area contributed by atoms with E-state index in [4.69, 9.17) is 0 Å². The molecule has 2 N–H and O–H groups in total. The van der Waals surface area contributed by atoms with Crippen molar-refractivity contribution in [3.05, 3.63) is 72.8 Å². The van der Waals surface area contributed by atoms with Crippen LogP contribution in [0, 0.1) is 0 Å². The molecule has 0 saturated carbocycles. The van der Waals surface area contributed by atoms with Gasteiger partial charge in [0.05, 0.1) is 11.0 Å². The highest BCUT2D eigenvalue weighted by Gasteiger charge is 2.22. The zero-order valence-corrected chi connectivity index (χ0v) is 19.1. The Bertz CT molecular complexity index is 1810. The predicted octanol–water partition coefficient (Wildman–Crippen LogP) is 7.66. The molecule has 0 aliphatic carbocycles. The monoisotopic (exact) mass is 444 g/mol. The molecule has 2 aromatic heterocycles. The van der Waals surface area contributed by atoms with Crippen molar-refractivity contribution in [3.63, 3.8) is 0 Å². The second-order valence-corrected chi connectivity index (χ2v) is 9.02. The van der Waals surface area contributed by atoms with Gasteiger partial charge >= 0.3 is 0 Å². The summed E-state index contributed by atoms with van der Waals surface area (Å²) in [5.74, 6) is 0.594. The SMILES string of the molecule is CCn1c2ccccc2c2c3c(ccc4cc(O)c5c(c6ccccc6n5CC)c43)cc(O)c21. The van der Waals surface area contributed by atoms with Crippen LogP contribution in [0.15, 0.2) is 72.8 Å². The quantitative estimate of drug-likeness (QED) is 0.269. The summed E-state index contributed by atoms with van der Waals surface area (Å²) in [7, 11) is 0. The topological polar surface area (TPSA) is 50.3 Å². The zero-order valence-electron chi connectivity index (χ0n) is 19.1. The van der Waals surface area contributed by atoms with Crippen LogP contribution in [-0.4, -0.2) is 19.3 Å². The minimum absolute atomic E-state index is 0.297. The van der Waals surface area contributed by atoms with Gasteiger partial charge in [0.1, 0.15) is 11.5 Å². The molecule has 2 heterocycles. The van der Waals surface area contributed by atoms with Crippen molar-refractivity contribution in [2.24, 2.45) is 0 Å². The van der Waals surface area contributed by atoms with Crippen LogP contribution < -0.4 is 0 Å². The molecule has 4 nitrogen and oxygen atoms in total. The van der Waals surface area contributed by atoms with E-state index >= 15 is 0 Å². The number of para-hydroxylation sites is 2. The average Bonchev–Trinajstić information content (AvgIpc) is 3.38. The van der Waals surface area contributed by atoms with Gasteiger partial charge in [0.2, 0.25) is 0 Å². The van der Waals surface area contributed by atoms with Crippen LogP contribution in [0.25, 0.3) is 65.2 Å². The lowest BCUT2D eigenvalue weighted by Gasteiger charge is -2.12. The molecule has 7 rings (SSSR count). The van der Waals surface area contributed by atoms with Crippen LogP contribution in [0.2, 0.25) is 0 Å². The van der Waals surface area contributed by atoms with E-state index in [1.54, 1.807) is 0 Å². The van der Waals surface area contributed by atoms with E-state index in [-0.39, 0.29) is 0 Å². The van der Waals surface area contributed by atoms with Gasteiger partial charge in [-0.1, -0.05) is 48.5 Å². The van der Waals surface area contributed by atoms with Crippen molar-refractivity contribution in [2.75, 3.05) is 0 Å². The minimum atomic E-state index is 0.297. The fourth-order valence-corrected chi connectivity index (χ4v) is 6.15. The summed E-state index contributed by atoms with van der Waals surface area (Å²) in [5.41, 5.74) is 3.96. The van der Waals surface area contributed by atoms with E-state index < -0.39 is 0 Å². The minimum Gasteiger partial charge on any atom is -0.506 e. The van der Waals surface area contributed by atoms with Gasteiger partial charge in [-0.2, -0.15) is 0 Å². The summed E-state index contributed by atoms with van der Waals surface area (Å²) in [6.07, 6.45) is 0. The Morgan fingerprint density at radius 2 is 0.971 bits per heavy atom. The maximum Gasteiger partial charge on any atom is 0.140 e. The van der Waals surface area contributed by atoms with Crippen molar-refractivity contribution >= 4 is 65.2 Å². The molecule has 34 heavy (non-hydrogen) atoms. The lowest BCUT2D eigenvalue weighted by molar-refractivity contribution is 0.478. The van der Waals surface area contributed by atoms with Crippen LogP contribution in [0.3, 0.4) is 0 Å². The molecule has 0 bridgehead atoms. The fourth-order valence-electron chi connectivity index (χ4n) is 6.15. The summed E-state index contributed by atoms with van der Waals surface area (Å²) in [5, 5.41) is 31.0. The third kappa shape index (κ3) is 2.23. The van der Waals surface area contributed by atoms with Gasteiger partial charge in [0.15, 0.2) is 0 Å². The van der Waals surface area contributed by atoms with Crippen molar-refractivity contribution in [2.45, 2.75) is 26.9 Å². The lowest BCUT2D eigenvalue weighted by Crippen LogP contribution is -1.94. The number of aromatic nitrogens is 2. The van der Waals surface area contributed by atoms with Gasteiger partial charge in [-0.3, -0.25) is 0 Å². The molecule has 7 aromatic rings. The smallest absolute Gasteiger partial charge is 0.140 e. The number of rotatable bonds is 2. The number of nitrogens with zero attached hydrogens (tertiary/aromatic N) is 2. The molecular weight excluding hydrogens is 420 g/mol. The molecule has 0 atom stereocenters. The van der Waals surface area contributed by atoms with Crippen LogP contribution in [-0.2, 0) is 13.1 Å². The largest absolute Gasteiger partial charge is 0.506 e. The molecule has 0 spiro atoms. The highest BCUT2D eigenvalue weighted by atomic mass is 16.3. The van der Waals surface area contributed by atoms with E-state index in [2.05, 4.69) is 83.6 Å². The normalized spacial score (nSPS) is 12.3. The van der Waals surface area contributed by atoms with E-state index in [0.29, 0.717) is 11.5 Å². The van der Waals surface area contributed by atoms with Crippen molar-refractivity contribution in [3.8, 4) is 11.5 Å². The Hall–Kier alpha value is -4.18. The first kappa shape index (κ1) is 19.3. The third-order valence-corrected chi connectivity index (χ3v) is 7.41. The van der Waals surface area contributed by atoms with Gasteiger partial charge in [-0.15, -0.1) is 0 Å². The molecule has 0 aliphatic heterocycles. The summed E-state index contributed by atoms with van der Waals surface area (Å²) in [4.78, 5) is 0. The van der Waals surface area contributed by atoms with E-state index in [1.807, 2.05) is 12.1 Å². The predicted molar refractivity (Wildman–Crippen MR) is 142 cm³/mol. The first-order chi connectivity index (χ1) is 16.6. The molecular formula is C30H24N2O2. The van der Waals surface area contributed by atoms with Crippen LogP contribution in [0.5, 0.6) is 11.5 Å². The van der Waals surface area contributed by atoms with Crippen LogP contribution in [0.4, 0.5) is 0 Å². The van der Waals surface area contributed by atoms with Gasteiger partial charge in [0.25, 0.3) is 0 Å². The number of phenolic OH excluding ortho intramolecular Hbond substituents is 2. The number of hydrogen-bond acceptors (Lipinski definition) is 2. The standard InChI is InChI=1S/C30H24N2O2/c1-3-31-21-11-7-5-9-19(21)27-25-17(15-23(33)29(27)31)13-14-18-16-24(34)30-28(26(18)25)20-10-6-8-12-22(20)32(30)4-2/h5-16,33-34H,3-4H2,1-2H3. The Morgan fingerprint density at radius 1 is 0.559 bits per heavy atom. The summed E-state index contributed by atoms with van der Waals surface area (Å²) in [6, 6.07) is 24.7. The average molecular weight is 445 g/mol. The van der Waals surface area contributed by atoms with E-state index in [9.17, 15) is 10.2 Å². The highest BCUT2D eigenvalue weighted by Crippen LogP contribution is 2.47. The van der Waals surface area contributed by atoms with Crippen LogP contribution >= 0.6 is 0 Å². The number of hydrogen-bond donors (Lipinski definition) is 2. The molecule has 0 aliphatic rings. The second kappa shape index (κ2) is 6.67. The van der Waals surface area contributed by atoms with E-state index in [0.717, 1.165) is 78.2 Å². The number of aromatic hydroxyl groups is 2. The first-order valence-electron chi connectivity index (χ1n) is 11.9. The third-order valence-electron chi connectivity index (χ3n) is 7.41. The first-order valence-corrected chi connectivity index (χ1v) is 11.9. The van der Waals surface area contributed by atoms with Crippen molar-refractivity contribution < 1.29 is 10.2 Å². The lowest BCUT2D eigenvalue weighted by atomic mass is 9.93. The molecule has 0 fully saturated rings. The summed E-state index contributed by atoms with van der Waals surface area (Å²) < 4.78 is 4.40. The van der Waals surface area contributed by atoms with Gasteiger partial charge in [0, 0.05) is 56.4 Å². The highest BCUT2D eigenvalue weighted by molar-refractivity contribution is 6.36. The Balaban J connectivity index is 1.90. The maximum atomic E-state index is 11.2. The summed E-state index contributed by atoms with van der Waals surface area (Å²) in [6.45, 7) is 5.76. The van der Waals surface area contributed by atoms with Gasteiger partial charge in [-0.25, -0.2) is 0 Å². The molecule has 4 heteroatoms. The van der Waals surface area contributed by atoms with Crippen molar-refractivity contribution in [1.82, 2.24) is 9.13 Å². The molecule has 0 radical (unpaired) electrons. The number of fused-ring (bicyclic) bond motifs is 11. The van der Waals surface area contributed by atoms with Crippen molar-refractivity contribution in [1.29, 1.82) is 0 Å². The Kier molecular flexibility index (Phi) is 3.79. The van der Waals surface area contributed by atoms with Crippen LogP contribution in [0.1, 0.15) is 13.8 Å². The number of benzene rings is 5. The van der Waals surface area contributed by atoms with Gasteiger partial charge in [-0.05, 0) is 48.9 Å². The molecule has 0 unspecified atom stereocenters. The summed E-state index contributed by atoms with van der Waals surface area (Å²) >= 11 is 0. The fraction of sp³-hybridized carbons (Fsp3) is 0.133.